The molecule has 2 aromatic carbocycles. The average Bonchev–Trinajstić information content (AvgIpc) is 3.42. The van der Waals surface area contributed by atoms with E-state index in [0.717, 1.165) is 16.5 Å². The smallest absolute Gasteiger partial charge is 0.220 e. The summed E-state index contributed by atoms with van der Waals surface area (Å²) in [5.41, 5.74) is 3.34. The minimum Gasteiger partial charge on any atom is -0.487 e. The fourth-order valence-corrected chi connectivity index (χ4v) is 4.00. The van der Waals surface area contributed by atoms with Gasteiger partial charge in [0, 0.05) is 47.9 Å². The molecule has 4 aromatic rings. The summed E-state index contributed by atoms with van der Waals surface area (Å²) in [5.74, 6) is 0.575. The van der Waals surface area contributed by atoms with Crippen molar-refractivity contribution < 1.29 is 13.9 Å². The number of rotatable bonds is 6. The summed E-state index contributed by atoms with van der Waals surface area (Å²) in [6.07, 6.45) is 6.31. The van der Waals surface area contributed by atoms with Gasteiger partial charge in [-0.3, -0.25) is 4.79 Å². The number of hydrogen-bond donors (Lipinski definition) is 2. The summed E-state index contributed by atoms with van der Waals surface area (Å²) < 4.78 is 20.3. The number of aromatic amines is 1. The summed E-state index contributed by atoms with van der Waals surface area (Å²) in [7, 11) is 0. The number of H-pyrrole nitrogens is 1. The number of amides is 1. The van der Waals surface area contributed by atoms with Crippen molar-refractivity contribution in [2.24, 2.45) is 0 Å². The van der Waals surface area contributed by atoms with E-state index in [2.05, 4.69) is 20.3 Å². The van der Waals surface area contributed by atoms with Gasteiger partial charge < -0.3 is 15.0 Å². The van der Waals surface area contributed by atoms with Gasteiger partial charge in [-0.05, 0) is 36.2 Å². The third-order valence-corrected chi connectivity index (χ3v) is 5.55. The molecule has 0 saturated carbocycles. The third-order valence-electron chi connectivity index (χ3n) is 5.55. The highest BCUT2D eigenvalue weighted by atomic mass is 19.1. The fourth-order valence-electron chi connectivity index (χ4n) is 4.00. The minimum absolute atomic E-state index is 0.0584. The van der Waals surface area contributed by atoms with Crippen molar-refractivity contribution in [3.8, 4) is 17.1 Å². The monoisotopic (exact) mass is 416 g/mol. The van der Waals surface area contributed by atoms with Crippen molar-refractivity contribution in [3.05, 3.63) is 78.0 Å². The van der Waals surface area contributed by atoms with Crippen molar-refractivity contribution in [1.29, 1.82) is 0 Å². The number of aryl methyl sites for hydroxylation is 1. The summed E-state index contributed by atoms with van der Waals surface area (Å²) in [6.45, 7) is 0.315. The lowest BCUT2D eigenvalue weighted by atomic mass is 10.0. The molecular weight excluding hydrogens is 395 g/mol. The Morgan fingerprint density at radius 1 is 1.16 bits per heavy atom. The van der Waals surface area contributed by atoms with Gasteiger partial charge in [0.05, 0.1) is 12.1 Å². The number of ether oxygens (including phenoxy) is 1. The Bertz CT molecular complexity index is 1240. The van der Waals surface area contributed by atoms with Crippen LogP contribution >= 0.6 is 0 Å². The van der Waals surface area contributed by atoms with Gasteiger partial charge >= 0.3 is 0 Å². The SMILES string of the molecule is O=C(CCc1c[nH]c2ccccc12)NCC1Cc2c(F)ccc(-c3ncccn3)c2O1. The zero-order valence-electron chi connectivity index (χ0n) is 16.8. The highest BCUT2D eigenvalue weighted by Crippen LogP contribution is 2.38. The van der Waals surface area contributed by atoms with E-state index in [1.165, 1.54) is 6.07 Å². The van der Waals surface area contributed by atoms with E-state index >= 15 is 0 Å². The van der Waals surface area contributed by atoms with Gasteiger partial charge in [-0.1, -0.05) is 18.2 Å². The fraction of sp³-hybridized carbons (Fsp3) is 0.208. The second-order valence-corrected chi connectivity index (χ2v) is 7.58. The van der Waals surface area contributed by atoms with Gasteiger partial charge in [0.25, 0.3) is 0 Å². The molecule has 2 N–H and O–H groups in total. The molecular formula is C24H21FN4O2. The lowest BCUT2D eigenvalue weighted by Crippen LogP contribution is -2.34. The van der Waals surface area contributed by atoms with Crippen LogP contribution < -0.4 is 10.1 Å². The maximum absolute atomic E-state index is 14.4. The first kappa shape index (κ1) is 19.2. The number of hydrogen-bond acceptors (Lipinski definition) is 4. The molecule has 0 bridgehead atoms. The molecule has 0 aliphatic carbocycles. The first-order valence-electron chi connectivity index (χ1n) is 10.3. The van der Waals surface area contributed by atoms with Crippen molar-refractivity contribution in [2.45, 2.75) is 25.4 Å². The van der Waals surface area contributed by atoms with Gasteiger partial charge in [0.1, 0.15) is 17.7 Å². The van der Waals surface area contributed by atoms with E-state index in [9.17, 15) is 9.18 Å². The maximum atomic E-state index is 14.4. The van der Waals surface area contributed by atoms with Crippen LogP contribution in [0.2, 0.25) is 0 Å². The normalized spacial score (nSPS) is 14.9. The van der Waals surface area contributed by atoms with E-state index in [4.69, 9.17) is 4.74 Å². The number of fused-ring (bicyclic) bond motifs is 2. The van der Waals surface area contributed by atoms with Crippen LogP contribution in [0.25, 0.3) is 22.3 Å². The standard InChI is InChI=1S/C24H21FN4O2/c25-20-8-7-18(24-26-10-3-11-27-24)23-19(20)12-16(31-23)14-29-22(30)9-6-15-13-28-21-5-2-1-4-17(15)21/h1-5,7-8,10-11,13,16,28H,6,9,12,14H2,(H,29,30). The number of nitrogens with zero attached hydrogens (tertiary/aromatic N) is 2. The number of nitrogens with one attached hydrogen (secondary N) is 2. The first-order valence-corrected chi connectivity index (χ1v) is 10.3. The Morgan fingerprint density at radius 2 is 2.00 bits per heavy atom. The molecule has 1 amide bonds. The molecule has 6 nitrogen and oxygen atoms in total. The van der Waals surface area contributed by atoms with E-state index in [1.807, 2.05) is 30.5 Å². The number of benzene rings is 2. The van der Waals surface area contributed by atoms with Crippen LogP contribution in [-0.2, 0) is 17.6 Å². The molecule has 1 aliphatic heterocycles. The zero-order chi connectivity index (χ0) is 21.2. The molecule has 0 fully saturated rings. The van der Waals surface area contributed by atoms with Gasteiger partial charge in [0.15, 0.2) is 5.82 Å². The van der Waals surface area contributed by atoms with E-state index < -0.39 is 0 Å². The maximum Gasteiger partial charge on any atom is 0.220 e. The van der Waals surface area contributed by atoms with Crippen molar-refractivity contribution in [2.75, 3.05) is 6.54 Å². The molecule has 5 rings (SSSR count). The van der Waals surface area contributed by atoms with Gasteiger partial charge in [-0.2, -0.15) is 0 Å². The van der Waals surface area contributed by atoms with Gasteiger partial charge in [-0.25, -0.2) is 14.4 Å². The van der Waals surface area contributed by atoms with Crippen LogP contribution in [0, 0.1) is 5.82 Å². The van der Waals surface area contributed by atoms with Gasteiger partial charge in [-0.15, -0.1) is 0 Å². The molecule has 31 heavy (non-hydrogen) atoms. The summed E-state index contributed by atoms with van der Waals surface area (Å²) in [6, 6.07) is 12.8. The van der Waals surface area contributed by atoms with Crippen LogP contribution in [0.1, 0.15) is 17.5 Å². The summed E-state index contributed by atoms with van der Waals surface area (Å²) >= 11 is 0. The second kappa shape index (κ2) is 8.18. The van der Waals surface area contributed by atoms with Gasteiger partial charge in [0.2, 0.25) is 5.91 Å². The molecule has 1 aliphatic rings. The Labute approximate surface area is 178 Å². The highest BCUT2D eigenvalue weighted by molar-refractivity contribution is 5.84. The molecule has 1 unspecified atom stereocenters. The largest absolute Gasteiger partial charge is 0.487 e. The minimum atomic E-state index is -0.327. The van der Waals surface area contributed by atoms with Crippen LogP contribution in [0.4, 0.5) is 4.39 Å². The number of carbonyl (C=O) groups excluding carboxylic acids is 1. The van der Waals surface area contributed by atoms with Crippen LogP contribution in [0.15, 0.2) is 61.1 Å². The molecule has 0 radical (unpaired) electrons. The lowest BCUT2D eigenvalue weighted by Gasteiger charge is -2.13. The molecule has 7 heteroatoms. The zero-order valence-corrected chi connectivity index (χ0v) is 16.8. The van der Waals surface area contributed by atoms with E-state index in [-0.39, 0.29) is 17.8 Å². The Morgan fingerprint density at radius 3 is 2.87 bits per heavy atom. The van der Waals surface area contributed by atoms with E-state index in [1.54, 1.807) is 24.5 Å². The van der Waals surface area contributed by atoms with Crippen LogP contribution in [-0.4, -0.2) is 33.5 Å². The number of carbonyl (C=O) groups is 1. The first-order chi connectivity index (χ1) is 15.2. The predicted molar refractivity (Wildman–Crippen MR) is 115 cm³/mol. The molecule has 156 valence electrons. The summed E-state index contributed by atoms with van der Waals surface area (Å²) in [5, 5.41) is 4.06. The Kier molecular flexibility index (Phi) is 5.08. The predicted octanol–water partition coefficient (Wildman–Crippen LogP) is 3.82. The third kappa shape index (κ3) is 3.86. The van der Waals surface area contributed by atoms with Crippen molar-refractivity contribution in [3.63, 3.8) is 0 Å². The molecule has 1 atom stereocenters. The summed E-state index contributed by atoms with van der Waals surface area (Å²) in [4.78, 5) is 24.1. The molecule has 3 heterocycles. The topological polar surface area (TPSA) is 79.9 Å². The number of halogens is 1. The number of aromatic nitrogens is 3. The number of para-hydroxylation sites is 1. The Hall–Kier alpha value is -3.74. The average molecular weight is 416 g/mol. The van der Waals surface area contributed by atoms with Crippen LogP contribution in [0.3, 0.4) is 0 Å². The molecule has 0 spiro atoms. The lowest BCUT2D eigenvalue weighted by molar-refractivity contribution is -0.121. The highest BCUT2D eigenvalue weighted by Gasteiger charge is 2.29. The van der Waals surface area contributed by atoms with Crippen molar-refractivity contribution in [1.82, 2.24) is 20.3 Å². The van der Waals surface area contributed by atoms with Crippen molar-refractivity contribution >= 4 is 16.8 Å². The quantitative estimate of drug-likeness (QED) is 0.501. The second-order valence-electron chi connectivity index (χ2n) is 7.58. The molecule has 2 aromatic heterocycles. The molecule has 0 saturated heterocycles. The van der Waals surface area contributed by atoms with E-state index in [0.29, 0.717) is 48.5 Å². The van der Waals surface area contributed by atoms with Crippen LogP contribution in [0.5, 0.6) is 5.75 Å². The Balaban J connectivity index is 1.20.